The zero-order valence-electron chi connectivity index (χ0n) is 14.2. The van der Waals surface area contributed by atoms with Crippen LogP contribution in [0, 0.1) is 10.1 Å². The number of amides is 1. The van der Waals surface area contributed by atoms with Gasteiger partial charge in [0.25, 0.3) is 5.69 Å². The number of benzene rings is 2. The smallest absolute Gasteiger partial charge is 0.269 e. The predicted octanol–water partition coefficient (Wildman–Crippen LogP) is 3.77. The van der Waals surface area contributed by atoms with Gasteiger partial charge in [0.15, 0.2) is 0 Å². The summed E-state index contributed by atoms with van der Waals surface area (Å²) in [6.45, 7) is 1.41. The molecule has 0 saturated carbocycles. The highest BCUT2D eigenvalue weighted by Crippen LogP contribution is 2.15. The van der Waals surface area contributed by atoms with E-state index >= 15 is 0 Å². The largest absolute Gasteiger partial charge is 0.352 e. The van der Waals surface area contributed by atoms with E-state index in [0.29, 0.717) is 6.54 Å². The summed E-state index contributed by atoms with van der Waals surface area (Å²) < 4.78 is 2.17. The van der Waals surface area contributed by atoms with Crippen LogP contribution < -0.4 is 5.32 Å². The van der Waals surface area contributed by atoms with E-state index in [-0.39, 0.29) is 11.6 Å². The first-order valence-corrected chi connectivity index (χ1v) is 8.38. The van der Waals surface area contributed by atoms with Gasteiger partial charge in [-0.25, -0.2) is 0 Å². The molecule has 0 aliphatic rings. The van der Waals surface area contributed by atoms with Gasteiger partial charge in [-0.05, 0) is 47.7 Å². The minimum atomic E-state index is -0.450. The Hall–Kier alpha value is -3.41. The van der Waals surface area contributed by atoms with E-state index < -0.39 is 4.92 Å². The summed E-state index contributed by atoms with van der Waals surface area (Å²) in [6, 6.07) is 16.3. The molecule has 3 rings (SSSR count). The fourth-order valence-electron chi connectivity index (χ4n) is 2.73. The molecule has 6 nitrogen and oxygen atoms in total. The minimum Gasteiger partial charge on any atom is -0.352 e. The minimum absolute atomic E-state index is 0.0316. The Bertz CT molecular complexity index is 942. The van der Waals surface area contributed by atoms with E-state index in [9.17, 15) is 14.9 Å². The van der Waals surface area contributed by atoms with E-state index in [1.807, 2.05) is 12.1 Å². The van der Waals surface area contributed by atoms with Gasteiger partial charge < -0.3 is 9.88 Å². The summed E-state index contributed by atoms with van der Waals surface area (Å²) >= 11 is 0. The van der Waals surface area contributed by atoms with Crippen molar-refractivity contribution in [2.75, 3.05) is 6.54 Å². The van der Waals surface area contributed by atoms with Crippen molar-refractivity contribution < 1.29 is 9.72 Å². The number of fused-ring (bicyclic) bond motifs is 1. The number of nitrogens with zero attached hydrogens (tertiary/aromatic N) is 2. The van der Waals surface area contributed by atoms with Crippen LogP contribution in [0.5, 0.6) is 0 Å². The normalized spacial score (nSPS) is 11.1. The van der Waals surface area contributed by atoms with Crippen molar-refractivity contribution >= 4 is 28.6 Å². The number of hydrogen-bond acceptors (Lipinski definition) is 3. The molecular formula is C20H19N3O3. The lowest BCUT2D eigenvalue weighted by Gasteiger charge is -2.06. The number of aryl methyl sites for hydroxylation is 1. The Labute approximate surface area is 150 Å². The second kappa shape index (κ2) is 8.11. The number of carbonyl (C=O) groups excluding carboxylic acids is 1. The maximum absolute atomic E-state index is 11.9. The Morgan fingerprint density at radius 3 is 2.65 bits per heavy atom. The van der Waals surface area contributed by atoms with E-state index in [2.05, 4.69) is 34.3 Å². The predicted molar refractivity (Wildman–Crippen MR) is 102 cm³/mol. The molecule has 0 bridgehead atoms. The number of hydrogen-bond donors (Lipinski definition) is 1. The molecular weight excluding hydrogens is 330 g/mol. The van der Waals surface area contributed by atoms with E-state index in [1.165, 1.54) is 29.1 Å². The molecule has 1 aromatic heterocycles. The molecule has 2 aromatic carbocycles. The van der Waals surface area contributed by atoms with Gasteiger partial charge in [-0.2, -0.15) is 0 Å². The lowest BCUT2D eigenvalue weighted by molar-refractivity contribution is -0.384. The molecule has 0 unspecified atom stereocenters. The van der Waals surface area contributed by atoms with Crippen LogP contribution >= 0.6 is 0 Å². The molecule has 0 radical (unpaired) electrons. The van der Waals surface area contributed by atoms with Gasteiger partial charge in [-0.1, -0.05) is 18.2 Å². The van der Waals surface area contributed by atoms with Crippen LogP contribution in [-0.2, 0) is 11.3 Å². The summed E-state index contributed by atoms with van der Waals surface area (Å²) in [5, 5.41) is 14.7. The lowest BCUT2D eigenvalue weighted by Crippen LogP contribution is -2.23. The molecule has 6 heteroatoms. The average Bonchev–Trinajstić information content (AvgIpc) is 3.07. The fourth-order valence-corrected chi connectivity index (χ4v) is 2.73. The van der Waals surface area contributed by atoms with Crippen LogP contribution in [0.1, 0.15) is 12.0 Å². The Kier molecular flexibility index (Phi) is 5.43. The maximum atomic E-state index is 11.9. The second-order valence-electron chi connectivity index (χ2n) is 5.89. The fraction of sp³-hybridized carbons (Fsp3) is 0.150. The van der Waals surface area contributed by atoms with Gasteiger partial charge in [0.1, 0.15) is 0 Å². The highest BCUT2D eigenvalue weighted by molar-refractivity contribution is 5.91. The van der Waals surface area contributed by atoms with Crippen molar-refractivity contribution in [3.63, 3.8) is 0 Å². The standard InChI is InChI=1S/C20H19N3O3/c24-20(11-8-16-6-9-18(10-7-16)23(25)26)21-13-3-14-22-15-12-17-4-1-2-5-19(17)22/h1-2,4-12,15H,3,13-14H2,(H,21,24)/b11-8+. The topological polar surface area (TPSA) is 77.2 Å². The molecule has 0 atom stereocenters. The number of carbonyl (C=O) groups is 1. The van der Waals surface area contributed by atoms with Gasteiger partial charge in [0, 0.05) is 43.0 Å². The second-order valence-corrected chi connectivity index (χ2v) is 5.89. The van der Waals surface area contributed by atoms with Gasteiger partial charge in [0.2, 0.25) is 5.91 Å². The first-order chi connectivity index (χ1) is 12.6. The average molecular weight is 349 g/mol. The van der Waals surface area contributed by atoms with Crippen LogP contribution in [0.3, 0.4) is 0 Å². The monoisotopic (exact) mass is 349 g/mol. The third-order valence-electron chi connectivity index (χ3n) is 4.09. The number of aromatic nitrogens is 1. The van der Waals surface area contributed by atoms with Gasteiger partial charge in [-0.3, -0.25) is 14.9 Å². The number of nitrogens with one attached hydrogen (secondary N) is 1. The van der Waals surface area contributed by atoms with Crippen molar-refractivity contribution in [2.24, 2.45) is 0 Å². The quantitative estimate of drug-likeness (QED) is 0.305. The maximum Gasteiger partial charge on any atom is 0.269 e. The number of para-hydroxylation sites is 1. The molecule has 0 fully saturated rings. The van der Waals surface area contributed by atoms with Crippen LogP contribution in [0.25, 0.3) is 17.0 Å². The van der Waals surface area contributed by atoms with E-state index in [4.69, 9.17) is 0 Å². The highest BCUT2D eigenvalue weighted by Gasteiger charge is 2.03. The van der Waals surface area contributed by atoms with Crippen molar-refractivity contribution in [2.45, 2.75) is 13.0 Å². The molecule has 1 N–H and O–H groups in total. The number of nitro groups is 1. The molecule has 1 heterocycles. The van der Waals surface area contributed by atoms with Gasteiger partial charge in [0.05, 0.1) is 4.92 Å². The highest BCUT2D eigenvalue weighted by atomic mass is 16.6. The number of rotatable bonds is 7. The molecule has 0 aliphatic heterocycles. The third kappa shape index (κ3) is 4.36. The molecule has 0 spiro atoms. The lowest BCUT2D eigenvalue weighted by atomic mass is 10.2. The van der Waals surface area contributed by atoms with E-state index in [1.54, 1.807) is 18.2 Å². The summed E-state index contributed by atoms with van der Waals surface area (Å²) in [5.41, 5.74) is 1.96. The Balaban J connectivity index is 1.44. The van der Waals surface area contributed by atoms with Crippen molar-refractivity contribution in [1.82, 2.24) is 9.88 Å². The van der Waals surface area contributed by atoms with Gasteiger partial charge in [-0.15, -0.1) is 0 Å². The Morgan fingerprint density at radius 1 is 1.12 bits per heavy atom. The van der Waals surface area contributed by atoms with Crippen LogP contribution in [0.15, 0.2) is 66.9 Å². The first-order valence-electron chi connectivity index (χ1n) is 8.38. The first kappa shape index (κ1) is 17.4. The Morgan fingerprint density at radius 2 is 1.88 bits per heavy atom. The van der Waals surface area contributed by atoms with Crippen molar-refractivity contribution in [3.8, 4) is 0 Å². The molecule has 0 saturated heterocycles. The van der Waals surface area contributed by atoms with Gasteiger partial charge >= 0.3 is 0 Å². The molecule has 26 heavy (non-hydrogen) atoms. The van der Waals surface area contributed by atoms with Crippen molar-refractivity contribution in [1.29, 1.82) is 0 Å². The number of nitro benzene ring substituents is 1. The van der Waals surface area contributed by atoms with Crippen LogP contribution in [0.4, 0.5) is 5.69 Å². The summed E-state index contributed by atoms with van der Waals surface area (Å²) in [5.74, 6) is -0.180. The zero-order chi connectivity index (χ0) is 18.4. The zero-order valence-corrected chi connectivity index (χ0v) is 14.2. The summed E-state index contributed by atoms with van der Waals surface area (Å²) in [4.78, 5) is 22.0. The van der Waals surface area contributed by atoms with Crippen LogP contribution in [0.2, 0.25) is 0 Å². The van der Waals surface area contributed by atoms with Crippen LogP contribution in [-0.4, -0.2) is 21.9 Å². The molecule has 132 valence electrons. The molecule has 0 aliphatic carbocycles. The molecule has 1 amide bonds. The van der Waals surface area contributed by atoms with E-state index in [0.717, 1.165) is 18.5 Å². The summed E-state index contributed by atoms with van der Waals surface area (Å²) in [6.07, 6.45) is 5.96. The third-order valence-corrected chi connectivity index (χ3v) is 4.09. The number of non-ortho nitro benzene ring substituents is 1. The van der Waals surface area contributed by atoms with Crippen molar-refractivity contribution in [3.05, 3.63) is 82.5 Å². The molecule has 3 aromatic rings. The summed E-state index contributed by atoms with van der Waals surface area (Å²) in [7, 11) is 0. The SMILES string of the molecule is O=C(/C=C/c1ccc([N+](=O)[O-])cc1)NCCCn1ccc2ccccc21.